The van der Waals surface area contributed by atoms with Gasteiger partial charge in [0.15, 0.2) is 23.2 Å². The number of hydrogen-bond acceptors (Lipinski definition) is 9. The van der Waals surface area contributed by atoms with Gasteiger partial charge in [-0.15, -0.1) is 11.8 Å². The average Bonchev–Trinajstić information content (AvgIpc) is 3.64. The molecule has 1 aliphatic heterocycles. The van der Waals surface area contributed by atoms with E-state index in [9.17, 15) is 14.7 Å². The number of hydrogen-bond donors (Lipinski definition) is 1. The van der Waals surface area contributed by atoms with Crippen LogP contribution in [-0.4, -0.2) is 68.2 Å². The fraction of sp³-hybridized carbons (Fsp3) is 0.457. The Morgan fingerprint density at radius 1 is 0.915 bits per heavy atom. The number of benzene rings is 2. The van der Waals surface area contributed by atoms with Crippen molar-refractivity contribution in [1.82, 2.24) is 19.5 Å². The Kier molecular flexibility index (Phi) is 11.0. The minimum Gasteiger partial charge on any atom is -0.407 e. The van der Waals surface area contributed by atoms with Gasteiger partial charge in [0.25, 0.3) is 11.8 Å². The fourth-order valence-corrected chi connectivity index (χ4v) is 14.0. The van der Waals surface area contributed by atoms with E-state index in [1.165, 1.54) is 6.33 Å². The first-order valence-corrected chi connectivity index (χ1v) is 19.5. The van der Waals surface area contributed by atoms with Crippen LogP contribution in [0.25, 0.3) is 11.2 Å². The van der Waals surface area contributed by atoms with Crippen LogP contribution in [-0.2, 0) is 9.16 Å². The lowest BCUT2D eigenvalue weighted by Gasteiger charge is -2.42. The van der Waals surface area contributed by atoms with Gasteiger partial charge in [-0.1, -0.05) is 84.9 Å². The molecule has 4 aromatic rings. The van der Waals surface area contributed by atoms with Gasteiger partial charge < -0.3 is 14.3 Å². The number of aliphatic hydroxyl groups excluding tert-OH is 1. The van der Waals surface area contributed by atoms with E-state index in [-0.39, 0.29) is 16.6 Å². The van der Waals surface area contributed by atoms with Crippen molar-refractivity contribution in [2.45, 2.75) is 95.2 Å². The van der Waals surface area contributed by atoms with E-state index in [2.05, 4.69) is 56.5 Å². The standard InChI is InChI=1S/C35H45N5O5SSi/c1-8-27-29(41)30(46-21-44-47(22(2)3,23(4)5)24(6)7)35(45-27)39-20-38-28-31(39)36-19-37-32(28)40(33(42)25-15-11-9-12-16-25)34(43)26-17-13-10-14-18-26/h9-20,22-24,27,29-30,35,41H,8,21H2,1-7H3/t27-,29+,30?,35-/m1/s1. The van der Waals surface area contributed by atoms with Crippen LogP contribution >= 0.6 is 11.8 Å². The van der Waals surface area contributed by atoms with E-state index in [4.69, 9.17) is 9.16 Å². The highest BCUT2D eigenvalue weighted by Gasteiger charge is 2.48. The summed E-state index contributed by atoms with van der Waals surface area (Å²) in [4.78, 5) is 42.5. The molecule has 1 fully saturated rings. The fourth-order valence-electron chi connectivity index (χ4n) is 7.07. The van der Waals surface area contributed by atoms with Gasteiger partial charge in [0.2, 0.25) is 8.32 Å². The van der Waals surface area contributed by atoms with Crippen LogP contribution in [0.4, 0.5) is 5.82 Å². The summed E-state index contributed by atoms with van der Waals surface area (Å²) < 4.78 is 15.1. The number of imide groups is 1. The molecule has 3 heterocycles. The number of ether oxygens (including phenoxy) is 1. The molecule has 47 heavy (non-hydrogen) atoms. The van der Waals surface area contributed by atoms with Gasteiger partial charge in [-0.3, -0.25) is 14.2 Å². The quantitative estimate of drug-likeness (QED) is 0.0942. The maximum atomic E-state index is 13.9. The molecule has 2 aromatic heterocycles. The van der Waals surface area contributed by atoms with E-state index in [0.29, 0.717) is 45.8 Å². The third-order valence-corrected chi connectivity index (χ3v) is 16.7. The Balaban J connectivity index is 1.52. The summed E-state index contributed by atoms with van der Waals surface area (Å²) in [5, 5.41) is 11.1. The second kappa shape index (κ2) is 14.8. The number of fused-ring (bicyclic) bond motifs is 1. The van der Waals surface area contributed by atoms with Crippen LogP contribution in [0.3, 0.4) is 0 Å². The third-order valence-electron chi connectivity index (χ3n) is 9.26. The molecule has 250 valence electrons. The van der Waals surface area contributed by atoms with E-state index in [1.807, 2.05) is 6.92 Å². The number of anilines is 1. The molecule has 0 saturated carbocycles. The number of nitrogens with zero attached hydrogens (tertiary/aromatic N) is 5. The second-order valence-electron chi connectivity index (χ2n) is 12.9. The topological polar surface area (TPSA) is 120 Å². The van der Waals surface area contributed by atoms with E-state index in [1.54, 1.807) is 83.3 Å². The second-order valence-corrected chi connectivity index (χ2v) is 19.4. The summed E-state index contributed by atoms with van der Waals surface area (Å²) in [6.45, 7) is 15.5. The number of aromatic nitrogens is 4. The summed E-state index contributed by atoms with van der Waals surface area (Å²) >= 11 is 1.55. The number of amides is 2. The van der Waals surface area contributed by atoms with Gasteiger partial charge >= 0.3 is 0 Å². The maximum Gasteiger partial charge on any atom is 0.266 e. The summed E-state index contributed by atoms with van der Waals surface area (Å²) in [7, 11) is -2.13. The molecule has 1 N–H and O–H groups in total. The molecule has 2 aromatic carbocycles. The van der Waals surface area contributed by atoms with Crippen LogP contribution < -0.4 is 4.90 Å². The van der Waals surface area contributed by atoms with Crippen molar-refractivity contribution in [3.63, 3.8) is 0 Å². The molecular weight excluding hydrogens is 631 g/mol. The minimum absolute atomic E-state index is 0.0659. The monoisotopic (exact) mass is 675 g/mol. The lowest BCUT2D eigenvalue weighted by atomic mass is 10.1. The van der Waals surface area contributed by atoms with Gasteiger partial charge in [0, 0.05) is 11.1 Å². The van der Waals surface area contributed by atoms with Gasteiger partial charge in [0.05, 0.1) is 29.7 Å². The zero-order valence-electron chi connectivity index (χ0n) is 28.1. The molecular formula is C35H45N5O5SSi. The van der Waals surface area contributed by atoms with Gasteiger partial charge in [-0.25, -0.2) is 19.9 Å². The Morgan fingerprint density at radius 3 is 1.98 bits per heavy atom. The normalized spacial score (nSPS) is 20.1. The summed E-state index contributed by atoms with van der Waals surface area (Å²) in [5.41, 5.74) is 2.61. The first-order valence-electron chi connectivity index (χ1n) is 16.3. The molecule has 5 rings (SSSR count). The maximum absolute atomic E-state index is 13.9. The Bertz CT molecular complexity index is 1600. The largest absolute Gasteiger partial charge is 0.407 e. The summed E-state index contributed by atoms with van der Waals surface area (Å²) in [6, 6.07) is 17.2. The molecule has 10 nitrogen and oxygen atoms in total. The Hall–Kier alpha value is -3.42. The van der Waals surface area contributed by atoms with E-state index < -0.39 is 38.6 Å². The molecule has 12 heteroatoms. The third kappa shape index (κ3) is 6.66. The summed E-state index contributed by atoms with van der Waals surface area (Å²) in [6.07, 6.45) is 1.76. The van der Waals surface area contributed by atoms with Gasteiger partial charge in [-0.05, 0) is 47.3 Å². The summed E-state index contributed by atoms with van der Waals surface area (Å²) in [5.74, 6) is -0.579. The van der Waals surface area contributed by atoms with E-state index >= 15 is 0 Å². The molecule has 0 radical (unpaired) electrons. The number of carbonyl (C=O) groups excluding carboxylic acids is 2. The molecule has 1 aliphatic rings. The van der Waals surface area contributed by atoms with Crippen molar-refractivity contribution < 1.29 is 23.9 Å². The number of aliphatic hydroxyl groups is 1. The minimum atomic E-state index is -2.13. The number of carbonyl (C=O) groups is 2. The van der Waals surface area contributed by atoms with Crippen LogP contribution in [0, 0.1) is 0 Å². The van der Waals surface area contributed by atoms with Crippen LogP contribution in [0.15, 0.2) is 73.3 Å². The van der Waals surface area contributed by atoms with Crippen molar-refractivity contribution >= 4 is 48.9 Å². The van der Waals surface area contributed by atoms with Crippen molar-refractivity contribution in [3.8, 4) is 0 Å². The Morgan fingerprint density at radius 2 is 1.47 bits per heavy atom. The Labute approximate surface area is 282 Å². The van der Waals surface area contributed by atoms with E-state index in [0.717, 1.165) is 4.90 Å². The smallest absolute Gasteiger partial charge is 0.266 e. The highest BCUT2D eigenvalue weighted by atomic mass is 32.2. The first-order chi connectivity index (χ1) is 22.5. The number of rotatable bonds is 12. The molecule has 4 atom stereocenters. The zero-order chi connectivity index (χ0) is 33.9. The lowest BCUT2D eigenvalue weighted by molar-refractivity contribution is -0.0180. The molecule has 1 saturated heterocycles. The van der Waals surface area contributed by atoms with Gasteiger partial charge in [-0.2, -0.15) is 0 Å². The first kappa shape index (κ1) is 34.9. The highest BCUT2D eigenvalue weighted by molar-refractivity contribution is 7.99. The van der Waals surface area contributed by atoms with Crippen molar-refractivity contribution in [1.29, 1.82) is 0 Å². The SMILES string of the molecule is CC[C@H]1O[C@@H](n2cnc3c(N(C(=O)c4ccccc4)C(=O)c4ccccc4)ncnc32)C(SCO[Si](C(C)C)(C(C)C)C(C)C)[C@H]1O. The van der Waals surface area contributed by atoms with Crippen LogP contribution in [0.2, 0.25) is 16.6 Å². The molecule has 2 amide bonds. The molecule has 0 spiro atoms. The average molecular weight is 676 g/mol. The number of imidazole rings is 1. The van der Waals surface area contributed by atoms with Crippen molar-refractivity contribution in [2.24, 2.45) is 0 Å². The zero-order valence-corrected chi connectivity index (χ0v) is 29.9. The number of thioether (sulfide) groups is 1. The molecule has 1 unspecified atom stereocenters. The lowest BCUT2D eigenvalue weighted by Crippen LogP contribution is -2.48. The van der Waals surface area contributed by atoms with Crippen molar-refractivity contribution in [2.75, 3.05) is 10.8 Å². The molecule has 0 aliphatic carbocycles. The predicted molar refractivity (Wildman–Crippen MR) is 188 cm³/mol. The van der Waals surface area contributed by atoms with Crippen LogP contribution in [0.5, 0.6) is 0 Å². The highest BCUT2D eigenvalue weighted by Crippen LogP contribution is 2.45. The molecule has 0 bridgehead atoms. The van der Waals surface area contributed by atoms with Crippen molar-refractivity contribution in [3.05, 3.63) is 84.4 Å². The van der Waals surface area contributed by atoms with Gasteiger partial charge in [0.1, 0.15) is 6.33 Å². The van der Waals surface area contributed by atoms with Crippen LogP contribution in [0.1, 0.15) is 81.8 Å². The predicted octanol–water partition coefficient (Wildman–Crippen LogP) is 7.23.